The van der Waals surface area contributed by atoms with Gasteiger partial charge in [-0.05, 0) is 12.8 Å². The summed E-state index contributed by atoms with van der Waals surface area (Å²) in [5.41, 5.74) is 0. The molecule has 18 heavy (non-hydrogen) atoms. The maximum atomic E-state index is 9.92. The average molecular weight is 288 g/mol. The van der Waals surface area contributed by atoms with Gasteiger partial charge < -0.3 is 24.9 Å². The van der Waals surface area contributed by atoms with Crippen LogP contribution in [0.2, 0.25) is 0 Å². The van der Waals surface area contributed by atoms with Crippen LogP contribution in [0.4, 0.5) is 0 Å². The van der Waals surface area contributed by atoms with Crippen molar-refractivity contribution < 1.29 is 76.2 Å². The monoisotopic (exact) mass is 288 g/mol. The molecule has 0 aromatic rings. The van der Waals surface area contributed by atoms with E-state index in [1.54, 1.807) is 0 Å². The molecule has 0 bridgehead atoms. The third-order valence-electron chi connectivity index (χ3n) is 1.96. The molecule has 0 heterocycles. The van der Waals surface area contributed by atoms with E-state index in [0.717, 1.165) is 19.3 Å². The number of ether oxygens (including phenoxy) is 1. The molecule has 104 valence electrons. The van der Waals surface area contributed by atoms with Crippen molar-refractivity contribution in [1.29, 1.82) is 0 Å². The Bertz CT molecular complexity index is 151. The SMILES string of the molecule is CCCCCCCC(=O)[O-].OCCOCCO.[K+]. The first-order chi connectivity index (χ1) is 8.18. The minimum Gasteiger partial charge on any atom is -0.550 e. The molecule has 0 atom stereocenters. The molecule has 0 aliphatic carbocycles. The number of carbonyl (C=O) groups is 1. The molecule has 0 amide bonds. The number of aliphatic carboxylic acids is 1. The zero-order valence-electron chi connectivity index (χ0n) is 11.7. The van der Waals surface area contributed by atoms with Gasteiger partial charge in [0, 0.05) is 5.97 Å². The molecule has 0 rings (SSSR count). The van der Waals surface area contributed by atoms with E-state index in [1.165, 1.54) is 12.8 Å². The molecule has 0 fully saturated rings. The summed E-state index contributed by atoms with van der Waals surface area (Å²) in [7, 11) is 0. The van der Waals surface area contributed by atoms with Crippen molar-refractivity contribution in [2.75, 3.05) is 26.4 Å². The second kappa shape index (κ2) is 23.1. The number of carboxylic acid groups (broad SMARTS) is 1. The van der Waals surface area contributed by atoms with E-state index < -0.39 is 5.97 Å². The van der Waals surface area contributed by atoms with Crippen molar-refractivity contribution in [3.63, 3.8) is 0 Å². The summed E-state index contributed by atoms with van der Waals surface area (Å²) in [4.78, 5) is 9.92. The molecule has 0 aromatic carbocycles. The second-order valence-electron chi connectivity index (χ2n) is 3.60. The predicted molar refractivity (Wildman–Crippen MR) is 63.4 cm³/mol. The van der Waals surface area contributed by atoms with Crippen molar-refractivity contribution in [3.8, 4) is 0 Å². The molecular weight excluding hydrogens is 263 g/mol. The average Bonchev–Trinajstić information content (AvgIpc) is 2.30. The van der Waals surface area contributed by atoms with Crippen molar-refractivity contribution in [2.45, 2.75) is 45.4 Å². The van der Waals surface area contributed by atoms with Gasteiger partial charge in [-0.15, -0.1) is 0 Å². The Morgan fingerprint density at radius 1 is 1.06 bits per heavy atom. The summed E-state index contributed by atoms with van der Waals surface area (Å²) in [6.07, 6.45) is 5.61. The predicted octanol–water partition coefficient (Wildman–Crippen LogP) is -2.91. The maximum absolute atomic E-state index is 9.92. The first kappa shape index (κ1) is 24.0. The van der Waals surface area contributed by atoms with Gasteiger partial charge in [-0.2, -0.15) is 0 Å². The smallest absolute Gasteiger partial charge is 0.550 e. The largest absolute Gasteiger partial charge is 1.00 e. The molecule has 0 unspecified atom stereocenters. The Labute approximate surface area is 152 Å². The molecular formula is C12H25KO5. The molecule has 2 N–H and O–H groups in total. The molecule has 6 heteroatoms. The van der Waals surface area contributed by atoms with Crippen LogP contribution in [0.15, 0.2) is 0 Å². The summed E-state index contributed by atoms with van der Waals surface area (Å²) in [6.45, 7) is 2.83. The van der Waals surface area contributed by atoms with E-state index in [9.17, 15) is 9.90 Å². The molecule has 5 nitrogen and oxygen atoms in total. The minimum atomic E-state index is -0.920. The molecule has 0 aliphatic heterocycles. The Kier molecular flexibility index (Phi) is 30.9. The second-order valence-corrected chi connectivity index (χ2v) is 3.60. The van der Waals surface area contributed by atoms with Crippen molar-refractivity contribution in [2.24, 2.45) is 0 Å². The molecule has 0 saturated carbocycles. The number of hydrogen-bond acceptors (Lipinski definition) is 5. The van der Waals surface area contributed by atoms with Crippen LogP contribution < -0.4 is 56.5 Å². The van der Waals surface area contributed by atoms with Gasteiger partial charge in [0.2, 0.25) is 0 Å². The van der Waals surface area contributed by atoms with Crippen LogP contribution in [0.5, 0.6) is 0 Å². The third-order valence-corrected chi connectivity index (χ3v) is 1.96. The van der Waals surface area contributed by atoms with Gasteiger partial charge in [-0.3, -0.25) is 0 Å². The number of aliphatic hydroxyl groups is 2. The van der Waals surface area contributed by atoms with E-state index in [1.807, 2.05) is 0 Å². The normalized spacial score (nSPS) is 9.06. The van der Waals surface area contributed by atoms with Gasteiger partial charge >= 0.3 is 51.4 Å². The van der Waals surface area contributed by atoms with E-state index in [0.29, 0.717) is 13.2 Å². The van der Waals surface area contributed by atoms with Crippen LogP contribution in [0.3, 0.4) is 0 Å². The van der Waals surface area contributed by atoms with E-state index in [4.69, 9.17) is 10.2 Å². The summed E-state index contributed by atoms with van der Waals surface area (Å²) < 4.78 is 4.63. The number of unbranched alkanes of at least 4 members (excludes halogenated alkanes) is 4. The fourth-order valence-corrected chi connectivity index (χ4v) is 1.10. The number of carboxylic acids is 1. The van der Waals surface area contributed by atoms with Crippen LogP contribution in [0.25, 0.3) is 0 Å². The fraction of sp³-hybridized carbons (Fsp3) is 0.917. The summed E-state index contributed by atoms with van der Waals surface area (Å²) in [6, 6.07) is 0. The summed E-state index contributed by atoms with van der Waals surface area (Å²) in [5.74, 6) is -0.920. The Hall–Kier alpha value is 0.986. The fourth-order valence-electron chi connectivity index (χ4n) is 1.10. The zero-order valence-corrected chi connectivity index (χ0v) is 14.8. The van der Waals surface area contributed by atoms with E-state index >= 15 is 0 Å². The summed E-state index contributed by atoms with van der Waals surface area (Å²) >= 11 is 0. The zero-order chi connectivity index (χ0) is 13.4. The Morgan fingerprint density at radius 3 is 1.94 bits per heavy atom. The quantitative estimate of drug-likeness (QED) is 0.332. The van der Waals surface area contributed by atoms with Gasteiger partial charge in [-0.1, -0.05) is 32.6 Å². The van der Waals surface area contributed by atoms with Gasteiger partial charge in [0.25, 0.3) is 0 Å². The minimum absolute atomic E-state index is 0. The number of rotatable bonds is 10. The first-order valence-electron chi connectivity index (χ1n) is 6.18. The molecule has 0 aliphatic rings. The van der Waals surface area contributed by atoms with Crippen LogP contribution >= 0.6 is 0 Å². The standard InChI is InChI=1S/C8H16O2.C4H10O3.K/c1-2-3-4-5-6-7-8(9)10;5-1-3-7-4-2-6;/h2-7H2,1H3,(H,9,10);5-6H,1-4H2;/q;;+1/p-1. The van der Waals surface area contributed by atoms with Crippen molar-refractivity contribution in [3.05, 3.63) is 0 Å². The van der Waals surface area contributed by atoms with Gasteiger partial charge in [0.1, 0.15) is 0 Å². The first-order valence-corrected chi connectivity index (χ1v) is 6.18. The Morgan fingerprint density at radius 2 is 1.56 bits per heavy atom. The van der Waals surface area contributed by atoms with Crippen LogP contribution in [0.1, 0.15) is 45.4 Å². The van der Waals surface area contributed by atoms with Crippen LogP contribution in [-0.4, -0.2) is 42.6 Å². The maximum Gasteiger partial charge on any atom is 1.00 e. The number of carbonyl (C=O) groups excluding carboxylic acids is 1. The molecule has 0 radical (unpaired) electrons. The summed E-state index contributed by atoms with van der Waals surface area (Å²) in [5, 5.41) is 26.1. The van der Waals surface area contributed by atoms with Crippen molar-refractivity contribution in [1.82, 2.24) is 0 Å². The number of hydrogen-bond donors (Lipinski definition) is 2. The topological polar surface area (TPSA) is 89.8 Å². The molecule has 0 spiro atoms. The van der Waals surface area contributed by atoms with Crippen LogP contribution in [0, 0.1) is 0 Å². The van der Waals surface area contributed by atoms with Crippen LogP contribution in [-0.2, 0) is 9.53 Å². The van der Waals surface area contributed by atoms with Gasteiger partial charge in [0.15, 0.2) is 0 Å². The van der Waals surface area contributed by atoms with E-state index in [2.05, 4.69) is 11.7 Å². The Balaban J connectivity index is -0.000000251. The van der Waals surface area contributed by atoms with Crippen molar-refractivity contribution >= 4 is 5.97 Å². The van der Waals surface area contributed by atoms with Gasteiger partial charge in [-0.25, -0.2) is 0 Å². The third kappa shape index (κ3) is 30.2. The van der Waals surface area contributed by atoms with E-state index in [-0.39, 0.29) is 71.0 Å². The number of aliphatic hydroxyl groups excluding tert-OH is 2. The van der Waals surface area contributed by atoms with Gasteiger partial charge in [0.05, 0.1) is 26.4 Å². The molecule has 0 saturated heterocycles. The molecule has 0 aromatic heterocycles.